The van der Waals surface area contributed by atoms with E-state index in [0.29, 0.717) is 23.0 Å². The number of ether oxygens (including phenoxy) is 1. The van der Waals surface area contributed by atoms with E-state index in [-0.39, 0.29) is 6.03 Å². The Morgan fingerprint density at radius 1 is 1.33 bits per heavy atom. The number of para-hydroxylation sites is 1. The van der Waals surface area contributed by atoms with E-state index in [1.54, 1.807) is 48.6 Å². The number of amides is 2. The van der Waals surface area contributed by atoms with Crippen LogP contribution in [0.1, 0.15) is 5.01 Å². The van der Waals surface area contributed by atoms with Crippen molar-refractivity contribution in [3.05, 3.63) is 52.5 Å². The molecule has 0 saturated carbocycles. The van der Waals surface area contributed by atoms with Crippen LogP contribution in [0.5, 0.6) is 5.75 Å². The van der Waals surface area contributed by atoms with Gasteiger partial charge in [0.25, 0.3) is 0 Å². The smallest absolute Gasteiger partial charge is 0.321 e. The molecule has 0 bridgehead atoms. The standard InChI is InChI=1S/C17H16ClN3O2S/c1-21(10-16-20-13-5-3-4-6-15(13)24-16)17(22)19-11-7-8-14(23-2)12(18)9-11/h3-9H,10H2,1-2H3,(H,19,22). The number of hydrogen-bond donors (Lipinski definition) is 1. The molecule has 24 heavy (non-hydrogen) atoms. The van der Waals surface area contributed by atoms with E-state index in [0.717, 1.165) is 15.2 Å². The number of fused-ring (bicyclic) bond motifs is 1. The van der Waals surface area contributed by atoms with Crippen molar-refractivity contribution in [2.24, 2.45) is 0 Å². The van der Waals surface area contributed by atoms with Crippen LogP contribution < -0.4 is 10.1 Å². The molecule has 1 heterocycles. The minimum Gasteiger partial charge on any atom is -0.495 e. The average Bonchev–Trinajstić information content (AvgIpc) is 2.97. The number of hydrogen-bond acceptors (Lipinski definition) is 4. The Kier molecular flexibility index (Phi) is 4.87. The fourth-order valence-corrected chi connectivity index (χ4v) is 3.50. The van der Waals surface area contributed by atoms with Gasteiger partial charge in [-0.3, -0.25) is 0 Å². The molecule has 5 nitrogen and oxygen atoms in total. The quantitative estimate of drug-likeness (QED) is 0.737. The molecular formula is C17H16ClN3O2S. The predicted molar refractivity (Wildman–Crippen MR) is 98.1 cm³/mol. The van der Waals surface area contributed by atoms with Crippen molar-refractivity contribution < 1.29 is 9.53 Å². The zero-order chi connectivity index (χ0) is 17.1. The highest BCUT2D eigenvalue weighted by molar-refractivity contribution is 7.18. The number of anilines is 1. The van der Waals surface area contributed by atoms with Crippen molar-refractivity contribution in [3.63, 3.8) is 0 Å². The fourth-order valence-electron chi connectivity index (χ4n) is 2.23. The van der Waals surface area contributed by atoms with Gasteiger partial charge in [0, 0.05) is 12.7 Å². The molecule has 0 aliphatic carbocycles. The van der Waals surface area contributed by atoms with E-state index in [1.165, 1.54) is 0 Å². The first-order valence-corrected chi connectivity index (χ1v) is 8.46. The number of benzene rings is 2. The zero-order valence-corrected chi connectivity index (χ0v) is 14.8. The van der Waals surface area contributed by atoms with Gasteiger partial charge in [0.15, 0.2) is 0 Å². The molecule has 0 spiro atoms. The molecule has 2 aromatic carbocycles. The molecule has 3 aromatic rings. The first-order valence-electron chi connectivity index (χ1n) is 7.27. The third-order valence-electron chi connectivity index (χ3n) is 3.46. The highest BCUT2D eigenvalue weighted by Gasteiger charge is 2.13. The summed E-state index contributed by atoms with van der Waals surface area (Å²) in [5.74, 6) is 0.567. The lowest BCUT2D eigenvalue weighted by Gasteiger charge is -2.17. The van der Waals surface area contributed by atoms with Crippen LogP contribution in [0.25, 0.3) is 10.2 Å². The van der Waals surface area contributed by atoms with Crippen LogP contribution in [-0.2, 0) is 6.54 Å². The predicted octanol–water partition coefficient (Wildman–Crippen LogP) is 4.62. The number of carbonyl (C=O) groups excluding carboxylic acids is 1. The molecule has 0 unspecified atom stereocenters. The first kappa shape index (κ1) is 16.5. The molecule has 2 amide bonds. The van der Waals surface area contributed by atoms with Gasteiger partial charge in [0.1, 0.15) is 10.8 Å². The highest BCUT2D eigenvalue weighted by Crippen LogP contribution is 2.27. The number of methoxy groups -OCH3 is 1. The summed E-state index contributed by atoms with van der Waals surface area (Å²) in [6.07, 6.45) is 0. The van der Waals surface area contributed by atoms with E-state index in [1.807, 2.05) is 24.3 Å². The SMILES string of the molecule is COc1ccc(NC(=O)N(C)Cc2nc3ccccc3s2)cc1Cl. The largest absolute Gasteiger partial charge is 0.495 e. The maximum Gasteiger partial charge on any atom is 0.321 e. The van der Waals surface area contributed by atoms with Crippen LogP contribution in [0.4, 0.5) is 10.5 Å². The lowest BCUT2D eigenvalue weighted by atomic mass is 10.3. The van der Waals surface area contributed by atoms with E-state index < -0.39 is 0 Å². The number of nitrogens with one attached hydrogen (secondary N) is 1. The fraction of sp³-hybridized carbons (Fsp3) is 0.176. The molecule has 0 saturated heterocycles. The second-order valence-electron chi connectivity index (χ2n) is 5.21. The van der Waals surface area contributed by atoms with Crippen molar-refractivity contribution in [1.82, 2.24) is 9.88 Å². The second kappa shape index (κ2) is 7.07. The lowest BCUT2D eigenvalue weighted by Crippen LogP contribution is -2.30. The van der Waals surface area contributed by atoms with Crippen molar-refractivity contribution in [2.75, 3.05) is 19.5 Å². The van der Waals surface area contributed by atoms with Crippen molar-refractivity contribution in [3.8, 4) is 5.75 Å². The van der Waals surface area contributed by atoms with Gasteiger partial charge < -0.3 is 15.0 Å². The van der Waals surface area contributed by atoms with E-state index in [9.17, 15) is 4.79 Å². The maximum atomic E-state index is 12.3. The van der Waals surface area contributed by atoms with Gasteiger partial charge in [-0.05, 0) is 30.3 Å². The van der Waals surface area contributed by atoms with Crippen molar-refractivity contribution >= 4 is 44.9 Å². The number of rotatable bonds is 4. The molecule has 0 atom stereocenters. The summed E-state index contributed by atoms with van der Waals surface area (Å²) in [5.41, 5.74) is 1.56. The Morgan fingerprint density at radius 3 is 2.83 bits per heavy atom. The van der Waals surface area contributed by atoms with Crippen LogP contribution in [-0.4, -0.2) is 30.1 Å². The van der Waals surface area contributed by atoms with E-state index in [4.69, 9.17) is 16.3 Å². The van der Waals surface area contributed by atoms with Gasteiger partial charge in [-0.15, -0.1) is 11.3 Å². The summed E-state index contributed by atoms with van der Waals surface area (Å²) in [7, 11) is 3.28. The monoisotopic (exact) mass is 361 g/mol. The molecule has 0 fully saturated rings. The van der Waals surface area contributed by atoms with Crippen LogP contribution in [0, 0.1) is 0 Å². The molecule has 1 N–H and O–H groups in total. The molecule has 0 aliphatic rings. The van der Waals surface area contributed by atoms with Gasteiger partial charge in [0.2, 0.25) is 0 Å². The lowest BCUT2D eigenvalue weighted by molar-refractivity contribution is 0.220. The van der Waals surface area contributed by atoms with Crippen LogP contribution >= 0.6 is 22.9 Å². The van der Waals surface area contributed by atoms with Crippen molar-refractivity contribution in [2.45, 2.75) is 6.54 Å². The molecule has 1 aromatic heterocycles. The summed E-state index contributed by atoms with van der Waals surface area (Å²) >= 11 is 7.66. The molecule has 7 heteroatoms. The minimum atomic E-state index is -0.226. The second-order valence-corrected chi connectivity index (χ2v) is 6.73. The van der Waals surface area contributed by atoms with Gasteiger partial charge >= 0.3 is 6.03 Å². The average molecular weight is 362 g/mol. The molecule has 3 rings (SSSR count). The first-order chi connectivity index (χ1) is 11.6. The third-order valence-corrected chi connectivity index (χ3v) is 4.78. The van der Waals surface area contributed by atoms with Gasteiger partial charge in [-0.1, -0.05) is 23.7 Å². The zero-order valence-electron chi connectivity index (χ0n) is 13.2. The normalized spacial score (nSPS) is 10.6. The third kappa shape index (κ3) is 3.60. The molecule has 0 aliphatic heterocycles. The highest BCUT2D eigenvalue weighted by atomic mass is 35.5. The van der Waals surface area contributed by atoms with E-state index in [2.05, 4.69) is 10.3 Å². The van der Waals surface area contributed by atoms with Gasteiger partial charge in [-0.2, -0.15) is 0 Å². The topological polar surface area (TPSA) is 54.5 Å². The number of halogens is 1. The summed E-state index contributed by atoms with van der Waals surface area (Å²) in [5, 5.41) is 4.15. The van der Waals surface area contributed by atoms with Gasteiger partial charge in [0.05, 0.1) is 28.9 Å². The minimum absolute atomic E-state index is 0.226. The molecule has 0 radical (unpaired) electrons. The number of aromatic nitrogens is 1. The Hall–Kier alpha value is -2.31. The van der Waals surface area contributed by atoms with Crippen molar-refractivity contribution in [1.29, 1.82) is 0 Å². The Morgan fingerprint density at radius 2 is 2.12 bits per heavy atom. The summed E-state index contributed by atoms with van der Waals surface area (Å²) in [4.78, 5) is 18.4. The Balaban J connectivity index is 1.67. The van der Waals surface area contributed by atoms with Crippen LogP contribution in [0.2, 0.25) is 5.02 Å². The summed E-state index contributed by atoms with van der Waals surface area (Å²) < 4.78 is 6.21. The Bertz CT molecular complexity index is 848. The number of urea groups is 1. The maximum absolute atomic E-state index is 12.3. The number of nitrogens with zero attached hydrogens (tertiary/aromatic N) is 2. The molecule has 124 valence electrons. The summed E-state index contributed by atoms with van der Waals surface area (Å²) in [6.45, 7) is 0.440. The summed E-state index contributed by atoms with van der Waals surface area (Å²) in [6, 6.07) is 12.8. The van der Waals surface area contributed by atoms with Crippen LogP contribution in [0.3, 0.4) is 0 Å². The molecular weight excluding hydrogens is 346 g/mol. The Labute approximate surface area is 148 Å². The number of thiazole rings is 1. The van der Waals surface area contributed by atoms with Gasteiger partial charge in [-0.25, -0.2) is 9.78 Å². The van der Waals surface area contributed by atoms with E-state index >= 15 is 0 Å². The van der Waals surface area contributed by atoms with Crippen LogP contribution in [0.15, 0.2) is 42.5 Å². The number of carbonyl (C=O) groups is 1.